The van der Waals surface area contributed by atoms with E-state index < -0.39 is 23.3 Å². The molecule has 0 saturated carbocycles. The van der Waals surface area contributed by atoms with E-state index in [4.69, 9.17) is 5.11 Å². The number of aliphatic carboxylic acids is 1. The monoisotopic (exact) mass is 228 g/mol. The van der Waals surface area contributed by atoms with Gasteiger partial charge in [0, 0.05) is 5.57 Å². The lowest BCUT2D eigenvalue weighted by atomic mass is 10.0. The maximum absolute atomic E-state index is 13.3. The molecule has 0 heterocycles. The van der Waals surface area contributed by atoms with Crippen LogP contribution in [0.4, 0.5) is 13.2 Å². The molecule has 0 fully saturated rings. The molecule has 0 unspecified atom stereocenters. The minimum absolute atomic E-state index is 0.105. The Labute approximate surface area is 89.0 Å². The molecule has 0 spiro atoms. The lowest BCUT2D eigenvalue weighted by Gasteiger charge is -2.13. The van der Waals surface area contributed by atoms with Crippen molar-refractivity contribution in [3.63, 3.8) is 0 Å². The van der Waals surface area contributed by atoms with Crippen molar-refractivity contribution in [2.24, 2.45) is 0 Å². The van der Waals surface area contributed by atoms with E-state index in [1.807, 2.05) is 0 Å². The van der Waals surface area contributed by atoms with Crippen molar-refractivity contribution in [1.29, 1.82) is 0 Å². The highest BCUT2D eigenvalue weighted by molar-refractivity contribution is 5.95. The molecule has 0 aromatic heterocycles. The number of hydrogen-bond acceptors (Lipinski definition) is 1. The molecule has 1 aromatic rings. The lowest BCUT2D eigenvalue weighted by molar-refractivity contribution is -0.156. The van der Waals surface area contributed by atoms with Crippen molar-refractivity contribution in [3.8, 4) is 0 Å². The van der Waals surface area contributed by atoms with Gasteiger partial charge < -0.3 is 5.11 Å². The zero-order chi connectivity index (χ0) is 11.9. The van der Waals surface area contributed by atoms with E-state index in [1.165, 1.54) is 6.07 Å². The molecule has 0 aliphatic heterocycles. The number of rotatable bonds is 2. The van der Waals surface area contributed by atoms with Crippen molar-refractivity contribution in [2.75, 3.05) is 0 Å². The predicted molar refractivity (Wildman–Crippen MR) is 50.7 cm³/mol. The first kappa shape index (κ1) is 10.7. The van der Waals surface area contributed by atoms with Gasteiger partial charge in [-0.1, -0.05) is 12.1 Å². The Bertz CT molecular complexity index is 492. The van der Waals surface area contributed by atoms with Crippen LogP contribution in [0.5, 0.6) is 0 Å². The zero-order valence-corrected chi connectivity index (χ0v) is 8.01. The standard InChI is InChI=1S/C11H7F3O2/c12-7-2-3-8-6(5-7)1-4-9(8)11(13,14)10(15)16/h2-5H,1H2,(H,15,16). The first-order valence-electron chi connectivity index (χ1n) is 4.53. The Kier molecular flexibility index (Phi) is 2.26. The van der Waals surface area contributed by atoms with Crippen molar-refractivity contribution in [2.45, 2.75) is 12.3 Å². The largest absolute Gasteiger partial charge is 0.477 e. The maximum Gasteiger partial charge on any atom is 0.379 e. The third-order valence-corrected chi connectivity index (χ3v) is 2.49. The van der Waals surface area contributed by atoms with Crippen molar-refractivity contribution < 1.29 is 23.1 Å². The molecule has 2 nitrogen and oxygen atoms in total. The van der Waals surface area contributed by atoms with E-state index in [-0.39, 0.29) is 12.0 Å². The number of fused-ring (bicyclic) bond motifs is 1. The summed E-state index contributed by atoms with van der Waals surface area (Å²) in [6.07, 6.45) is 1.25. The number of benzene rings is 1. The number of allylic oxidation sites excluding steroid dienone is 1. The number of halogens is 3. The smallest absolute Gasteiger partial charge is 0.379 e. The van der Waals surface area contributed by atoms with Crippen LogP contribution in [0.1, 0.15) is 11.1 Å². The van der Waals surface area contributed by atoms with Gasteiger partial charge in [-0.3, -0.25) is 0 Å². The van der Waals surface area contributed by atoms with E-state index in [2.05, 4.69) is 0 Å². The number of alkyl halides is 2. The van der Waals surface area contributed by atoms with Crippen molar-refractivity contribution in [3.05, 3.63) is 41.2 Å². The van der Waals surface area contributed by atoms with Gasteiger partial charge in [0.05, 0.1) is 0 Å². The fourth-order valence-corrected chi connectivity index (χ4v) is 1.73. The molecule has 1 aliphatic rings. The summed E-state index contributed by atoms with van der Waals surface area (Å²) in [6, 6.07) is 3.35. The number of carboxylic acid groups (broad SMARTS) is 1. The average Bonchev–Trinajstić information content (AvgIpc) is 2.60. The highest BCUT2D eigenvalue weighted by Gasteiger charge is 2.45. The minimum Gasteiger partial charge on any atom is -0.477 e. The van der Waals surface area contributed by atoms with Gasteiger partial charge in [-0.25, -0.2) is 9.18 Å². The first-order chi connectivity index (χ1) is 7.43. The fraction of sp³-hybridized carbons (Fsp3) is 0.182. The summed E-state index contributed by atoms with van der Waals surface area (Å²) in [5.41, 5.74) is -0.0697. The Morgan fingerprint density at radius 1 is 1.38 bits per heavy atom. The maximum atomic E-state index is 13.3. The highest BCUT2D eigenvalue weighted by atomic mass is 19.3. The van der Waals surface area contributed by atoms with E-state index in [0.29, 0.717) is 5.56 Å². The molecule has 1 aliphatic carbocycles. The predicted octanol–water partition coefficient (Wildman–Crippen LogP) is 2.49. The Hall–Kier alpha value is -1.78. The number of carboxylic acids is 1. The molecule has 5 heteroatoms. The van der Waals surface area contributed by atoms with Crippen LogP contribution >= 0.6 is 0 Å². The Morgan fingerprint density at radius 2 is 2.06 bits per heavy atom. The SMILES string of the molecule is O=C(O)C(F)(F)C1=CCc2cc(F)ccc21. The van der Waals surface area contributed by atoms with Crippen LogP contribution in [-0.4, -0.2) is 17.0 Å². The summed E-state index contributed by atoms with van der Waals surface area (Å²) in [5.74, 6) is -6.65. The second-order valence-electron chi connectivity index (χ2n) is 3.50. The van der Waals surface area contributed by atoms with Gasteiger partial charge in [-0.15, -0.1) is 0 Å². The van der Waals surface area contributed by atoms with Crippen LogP contribution in [0.15, 0.2) is 24.3 Å². The zero-order valence-electron chi connectivity index (χ0n) is 8.01. The van der Waals surface area contributed by atoms with Gasteiger partial charge in [0.15, 0.2) is 0 Å². The third kappa shape index (κ3) is 1.48. The summed E-state index contributed by atoms with van der Waals surface area (Å²) in [5, 5.41) is 8.42. The molecule has 1 N–H and O–H groups in total. The topological polar surface area (TPSA) is 37.3 Å². The summed E-state index contributed by atoms with van der Waals surface area (Å²) in [7, 11) is 0. The van der Waals surface area contributed by atoms with E-state index in [1.54, 1.807) is 0 Å². The van der Waals surface area contributed by atoms with Gasteiger partial charge in [0.1, 0.15) is 5.82 Å². The summed E-state index contributed by atoms with van der Waals surface area (Å²) in [6.45, 7) is 0. The van der Waals surface area contributed by atoms with Crippen LogP contribution in [-0.2, 0) is 11.2 Å². The van der Waals surface area contributed by atoms with E-state index in [0.717, 1.165) is 18.2 Å². The molecule has 0 amide bonds. The molecule has 0 bridgehead atoms. The fourth-order valence-electron chi connectivity index (χ4n) is 1.73. The molecule has 0 atom stereocenters. The first-order valence-corrected chi connectivity index (χ1v) is 4.53. The van der Waals surface area contributed by atoms with Crippen LogP contribution in [0.25, 0.3) is 5.57 Å². The lowest BCUT2D eigenvalue weighted by Crippen LogP contribution is -2.29. The minimum atomic E-state index is -3.93. The van der Waals surface area contributed by atoms with Crippen molar-refractivity contribution >= 4 is 11.5 Å². The van der Waals surface area contributed by atoms with Gasteiger partial charge in [-0.05, 0) is 29.7 Å². The average molecular weight is 228 g/mol. The quantitative estimate of drug-likeness (QED) is 0.844. The number of carbonyl (C=O) groups is 1. The molecular formula is C11H7F3O2. The third-order valence-electron chi connectivity index (χ3n) is 2.49. The second kappa shape index (κ2) is 3.37. The van der Waals surface area contributed by atoms with E-state index >= 15 is 0 Å². The molecule has 2 rings (SSSR count). The Morgan fingerprint density at radius 3 is 2.69 bits per heavy atom. The summed E-state index contributed by atoms with van der Waals surface area (Å²) < 4.78 is 39.4. The highest BCUT2D eigenvalue weighted by Crippen LogP contribution is 2.39. The van der Waals surface area contributed by atoms with Crippen LogP contribution in [0, 0.1) is 5.82 Å². The summed E-state index contributed by atoms with van der Waals surface area (Å²) >= 11 is 0. The molecule has 0 saturated heterocycles. The molecule has 1 aromatic carbocycles. The Balaban J connectivity index is 2.47. The summed E-state index contributed by atoms with van der Waals surface area (Å²) in [4.78, 5) is 10.4. The van der Waals surface area contributed by atoms with Crippen LogP contribution < -0.4 is 0 Å². The van der Waals surface area contributed by atoms with Crippen LogP contribution in [0.2, 0.25) is 0 Å². The number of hydrogen-bond donors (Lipinski definition) is 1. The van der Waals surface area contributed by atoms with E-state index in [9.17, 15) is 18.0 Å². The van der Waals surface area contributed by atoms with Gasteiger partial charge in [-0.2, -0.15) is 8.78 Å². The van der Waals surface area contributed by atoms with Gasteiger partial charge >= 0.3 is 11.9 Å². The molecule has 16 heavy (non-hydrogen) atoms. The van der Waals surface area contributed by atoms with Gasteiger partial charge in [0.25, 0.3) is 0 Å². The normalized spacial score (nSPS) is 14.6. The van der Waals surface area contributed by atoms with Gasteiger partial charge in [0.2, 0.25) is 0 Å². The second-order valence-corrected chi connectivity index (χ2v) is 3.50. The molecular weight excluding hydrogens is 221 g/mol. The van der Waals surface area contributed by atoms with Crippen LogP contribution in [0.3, 0.4) is 0 Å². The molecule has 84 valence electrons. The molecule has 0 radical (unpaired) electrons. The van der Waals surface area contributed by atoms with Crippen molar-refractivity contribution in [1.82, 2.24) is 0 Å².